The average molecular weight is 325 g/mol. The molecule has 3 nitrogen and oxygen atoms in total. The molecule has 0 radical (unpaired) electrons. The predicted molar refractivity (Wildman–Crippen MR) is 86.6 cm³/mol. The molecule has 0 bridgehead atoms. The van der Waals surface area contributed by atoms with Gasteiger partial charge in [0.15, 0.2) is 0 Å². The Morgan fingerprint density at radius 3 is 2.91 bits per heavy atom. The average Bonchev–Trinajstić information content (AvgIpc) is 2.73. The van der Waals surface area contributed by atoms with Gasteiger partial charge < -0.3 is 9.84 Å². The summed E-state index contributed by atoms with van der Waals surface area (Å²) in [4.78, 5) is 12.6. The van der Waals surface area contributed by atoms with Gasteiger partial charge >= 0.3 is 0 Å². The number of carbonyl (C=O) groups is 1. The number of aliphatic hydroxyl groups excluding tert-OH is 1. The van der Waals surface area contributed by atoms with Crippen molar-refractivity contribution in [3.05, 3.63) is 24.5 Å². The molecule has 1 aliphatic heterocycles. The van der Waals surface area contributed by atoms with Crippen molar-refractivity contribution in [2.45, 2.75) is 57.2 Å². The highest BCUT2D eigenvalue weighted by atomic mass is 35.5. The van der Waals surface area contributed by atoms with Crippen molar-refractivity contribution < 1.29 is 14.6 Å². The molecule has 3 rings (SSSR count). The number of carbonyl (C=O) groups excluding carboxylic acids is 1. The first-order chi connectivity index (χ1) is 10.5. The van der Waals surface area contributed by atoms with Crippen molar-refractivity contribution in [3.63, 3.8) is 0 Å². The maximum absolute atomic E-state index is 12.6. The lowest BCUT2D eigenvalue weighted by atomic mass is 9.57. The molecule has 1 heterocycles. The molecule has 5 atom stereocenters. The Morgan fingerprint density at radius 1 is 1.59 bits per heavy atom. The van der Waals surface area contributed by atoms with Gasteiger partial charge in [-0.2, -0.15) is 0 Å². The zero-order valence-corrected chi connectivity index (χ0v) is 13.9. The lowest BCUT2D eigenvalue weighted by Gasteiger charge is -2.60. The van der Waals surface area contributed by atoms with Crippen LogP contribution in [0.5, 0.6) is 0 Å². The standard InChI is InChI=1S/C18H25ClO3/c1-3-18-14(9-10-19)15(20)11-17(18,12(2)22-18)16(21)13-7-5-4-6-8-13/h5,7,13-14,16,21H,2-4,6,8-11H2,1H3/t13-,14+,16+,17+,18+/m1/s1. The van der Waals surface area contributed by atoms with Crippen molar-refractivity contribution in [3.8, 4) is 0 Å². The van der Waals surface area contributed by atoms with Crippen LogP contribution in [0.25, 0.3) is 0 Å². The van der Waals surface area contributed by atoms with E-state index < -0.39 is 17.1 Å². The Labute approximate surface area is 137 Å². The molecule has 0 aromatic carbocycles. The van der Waals surface area contributed by atoms with Crippen molar-refractivity contribution in [2.24, 2.45) is 17.3 Å². The predicted octanol–water partition coefficient (Wildman–Crippen LogP) is 3.60. The Morgan fingerprint density at radius 2 is 2.36 bits per heavy atom. The minimum atomic E-state index is -0.623. The number of rotatable bonds is 5. The van der Waals surface area contributed by atoms with Gasteiger partial charge in [-0.25, -0.2) is 0 Å². The van der Waals surface area contributed by atoms with Crippen LogP contribution < -0.4 is 0 Å². The number of ether oxygens (including phenoxy) is 1. The van der Waals surface area contributed by atoms with E-state index in [1.807, 2.05) is 6.92 Å². The summed E-state index contributed by atoms with van der Waals surface area (Å²) in [5, 5.41) is 11.1. The van der Waals surface area contributed by atoms with Gasteiger partial charge in [-0.1, -0.05) is 25.7 Å². The highest BCUT2D eigenvalue weighted by Gasteiger charge is 2.76. The summed E-state index contributed by atoms with van der Waals surface area (Å²) in [6.07, 6.45) is 8.40. The summed E-state index contributed by atoms with van der Waals surface area (Å²) < 4.78 is 5.99. The minimum Gasteiger partial charge on any atom is -0.489 e. The Balaban J connectivity index is 1.98. The fourth-order valence-corrected chi connectivity index (χ4v) is 5.22. The lowest BCUT2D eigenvalue weighted by molar-refractivity contribution is -0.253. The molecule has 22 heavy (non-hydrogen) atoms. The van der Waals surface area contributed by atoms with Crippen molar-refractivity contribution in [1.29, 1.82) is 0 Å². The van der Waals surface area contributed by atoms with E-state index in [-0.39, 0.29) is 17.6 Å². The van der Waals surface area contributed by atoms with Gasteiger partial charge in [0.05, 0.1) is 12.0 Å². The largest absolute Gasteiger partial charge is 0.489 e. The van der Waals surface area contributed by atoms with E-state index in [1.165, 1.54) is 0 Å². The molecule has 0 spiro atoms. The fraction of sp³-hybridized carbons (Fsp3) is 0.722. The second kappa shape index (κ2) is 5.68. The van der Waals surface area contributed by atoms with E-state index in [4.69, 9.17) is 16.3 Å². The van der Waals surface area contributed by atoms with Crippen LogP contribution >= 0.6 is 11.6 Å². The van der Waals surface area contributed by atoms with Crippen LogP contribution in [0, 0.1) is 17.3 Å². The van der Waals surface area contributed by atoms with Crippen molar-refractivity contribution in [2.75, 3.05) is 5.88 Å². The lowest BCUT2D eigenvalue weighted by Crippen LogP contribution is -2.66. The number of allylic oxidation sites excluding steroid dienone is 1. The molecule has 2 fully saturated rings. The van der Waals surface area contributed by atoms with Gasteiger partial charge in [-0.3, -0.25) is 4.79 Å². The summed E-state index contributed by atoms with van der Waals surface area (Å²) in [6.45, 7) is 6.05. The van der Waals surface area contributed by atoms with Crippen LogP contribution in [-0.4, -0.2) is 28.5 Å². The summed E-state index contributed by atoms with van der Waals surface area (Å²) in [5.74, 6) is 1.06. The molecule has 0 aromatic rings. The summed E-state index contributed by atoms with van der Waals surface area (Å²) in [6, 6.07) is 0. The quantitative estimate of drug-likeness (QED) is 0.621. The third-order valence-electron chi connectivity index (χ3n) is 6.09. The molecular weight excluding hydrogens is 300 g/mol. The number of hydrogen-bond acceptors (Lipinski definition) is 3. The number of aliphatic hydroxyl groups is 1. The SMILES string of the molecule is C=C1O[C@@]2(CC)[C@@H](CCCl)C(=O)C[C@@]12[C@@H](O)[C@@H]1C=CCCC1. The Hall–Kier alpha value is -0.800. The van der Waals surface area contributed by atoms with Crippen LogP contribution in [0.2, 0.25) is 0 Å². The van der Waals surface area contributed by atoms with Crippen LogP contribution in [0.1, 0.15) is 45.4 Å². The van der Waals surface area contributed by atoms with Gasteiger partial charge in [0.25, 0.3) is 0 Å². The van der Waals surface area contributed by atoms with E-state index in [2.05, 4.69) is 18.7 Å². The molecular formula is C18H25ClO3. The molecule has 1 N–H and O–H groups in total. The van der Waals surface area contributed by atoms with Gasteiger partial charge in [-0.05, 0) is 32.1 Å². The molecule has 0 amide bonds. The second-order valence-electron chi connectivity index (χ2n) is 6.88. The monoisotopic (exact) mass is 324 g/mol. The zero-order valence-electron chi connectivity index (χ0n) is 13.2. The first-order valence-electron chi connectivity index (χ1n) is 8.35. The third kappa shape index (κ3) is 1.88. The number of fused-ring (bicyclic) bond motifs is 1. The van der Waals surface area contributed by atoms with Gasteiger partial charge in [-0.15, -0.1) is 11.6 Å². The molecule has 4 heteroatoms. The van der Waals surface area contributed by atoms with Gasteiger partial charge in [0.2, 0.25) is 0 Å². The molecule has 2 aliphatic carbocycles. The number of Topliss-reactive ketones (excluding diaryl/α,β-unsaturated/α-hetero) is 1. The van der Waals surface area contributed by atoms with E-state index >= 15 is 0 Å². The third-order valence-corrected chi connectivity index (χ3v) is 6.31. The highest BCUT2D eigenvalue weighted by molar-refractivity contribution is 6.18. The highest BCUT2D eigenvalue weighted by Crippen LogP contribution is 2.68. The fourth-order valence-electron chi connectivity index (χ4n) is 5.00. The van der Waals surface area contributed by atoms with Crippen LogP contribution in [0.3, 0.4) is 0 Å². The van der Waals surface area contributed by atoms with Crippen LogP contribution in [0.15, 0.2) is 24.5 Å². The normalized spacial score (nSPS) is 41.8. The number of ketones is 1. The first kappa shape index (κ1) is 16.1. The molecule has 3 aliphatic rings. The van der Waals surface area contributed by atoms with E-state index in [0.717, 1.165) is 19.3 Å². The summed E-state index contributed by atoms with van der Waals surface area (Å²) >= 11 is 5.91. The Bertz CT molecular complexity index is 514. The van der Waals surface area contributed by atoms with Crippen LogP contribution in [0.4, 0.5) is 0 Å². The molecule has 0 unspecified atom stereocenters. The number of hydrogen-bond donors (Lipinski definition) is 1. The van der Waals surface area contributed by atoms with Crippen molar-refractivity contribution in [1.82, 2.24) is 0 Å². The number of alkyl halides is 1. The van der Waals surface area contributed by atoms with E-state index in [1.54, 1.807) is 0 Å². The summed E-state index contributed by atoms with van der Waals surface area (Å²) in [5.41, 5.74) is -1.23. The van der Waals surface area contributed by atoms with Gasteiger partial charge in [0, 0.05) is 18.2 Å². The van der Waals surface area contributed by atoms with Crippen molar-refractivity contribution >= 4 is 17.4 Å². The molecule has 1 saturated heterocycles. The minimum absolute atomic E-state index is 0.0860. The topological polar surface area (TPSA) is 46.5 Å². The maximum Gasteiger partial charge on any atom is 0.141 e. The van der Waals surface area contributed by atoms with E-state index in [9.17, 15) is 9.90 Å². The van der Waals surface area contributed by atoms with Crippen LogP contribution in [-0.2, 0) is 9.53 Å². The molecule has 1 saturated carbocycles. The van der Waals surface area contributed by atoms with E-state index in [0.29, 0.717) is 30.9 Å². The summed E-state index contributed by atoms with van der Waals surface area (Å²) in [7, 11) is 0. The Kier molecular flexibility index (Phi) is 4.15. The first-order valence-corrected chi connectivity index (χ1v) is 8.88. The molecule has 0 aromatic heterocycles. The smallest absolute Gasteiger partial charge is 0.141 e. The van der Waals surface area contributed by atoms with Gasteiger partial charge in [0.1, 0.15) is 22.6 Å². The number of halogens is 1. The second-order valence-corrected chi connectivity index (χ2v) is 7.26. The molecule has 122 valence electrons. The zero-order chi connectivity index (χ0) is 16.0. The maximum atomic E-state index is 12.6.